The Labute approximate surface area is 100 Å². The number of hydrogen-bond acceptors (Lipinski definition) is 4. The fourth-order valence-corrected chi connectivity index (χ4v) is 1.36. The lowest BCUT2D eigenvalue weighted by Crippen LogP contribution is -2.29. The molecule has 1 aromatic rings. The molecule has 0 N–H and O–H groups in total. The summed E-state index contributed by atoms with van der Waals surface area (Å²) < 4.78 is 4.52. The van der Waals surface area contributed by atoms with E-state index >= 15 is 0 Å². The molecule has 5 nitrogen and oxygen atoms in total. The number of rotatable bonds is 4. The highest BCUT2D eigenvalue weighted by Crippen LogP contribution is 2.05. The summed E-state index contributed by atoms with van der Waals surface area (Å²) in [5.41, 5.74) is 1.36. The van der Waals surface area contributed by atoms with Gasteiger partial charge in [-0.05, 0) is 19.1 Å². The molecule has 1 amide bonds. The van der Waals surface area contributed by atoms with Crippen LogP contribution in [0.3, 0.4) is 0 Å². The summed E-state index contributed by atoms with van der Waals surface area (Å²) in [5, 5.41) is 0. The van der Waals surface area contributed by atoms with Crippen molar-refractivity contribution in [2.45, 2.75) is 13.3 Å². The van der Waals surface area contributed by atoms with Gasteiger partial charge in [0, 0.05) is 31.0 Å². The van der Waals surface area contributed by atoms with E-state index in [-0.39, 0.29) is 18.3 Å². The molecule has 0 spiro atoms. The second kappa shape index (κ2) is 5.98. The molecule has 0 saturated heterocycles. The highest BCUT2D eigenvalue weighted by Gasteiger charge is 2.13. The molecule has 1 rings (SSSR count). The standard InChI is InChI=1S/C12H16N2O3/c1-9-8-10(4-6-13-9)12(16)14(2)7-5-11(15)17-3/h4,6,8H,5,7H2,1-3H3. The number of amides is 1. The maximum Gasteiger partial charge on any atom is 0.307 e. The van der Waals surface area contributed by atoms with Gasteiger partial charge in [-0.1, -0.05) is 0 Å². The monoisotopic (exact) mass is 236 g/mol. The van der Waals surface area contributed by atoms with E-state index in [1.807, 2.05) is 6.92 Å². The second-order valence-corrected chi connectivity index (χ2v) is 3.74. The zero-order chi connectivity index (χ0) is 12.8. The fraction of sp³-hybridized carbons (Fsp3) is 0.417. The second-order valence-electron chi connectivity index (χ2n) is 3.74. The molecule has 17 heavy (non-hydrogen) atoms. The van der Waals surface area contributed by atoms with Crippen molar-refractivity contribution in [3.63, 3.8) is 0 Å². The van der Waals surface area contributed by atoms with Crippen molar-refractivity contribution in [2.75, 3.05) is 20.7 Å². The summed E-state index contributed by atoms with van der Waals surface area (Å²) in [7, 11) is 2.98. The van der Waals surface area contributed by atoms with Crippen molar-refractivity contribution in [1.29, 1.82) is 0 Å². The Kier molecular flexibility index (Phi) is 4.63. The van der Waals surface area contributed by atoms with Gasteiger partial charge >= 0.3 is 5.97 Å². The molecule has 5 heteroatoms. The van der Waals surface area contributed by atoms with E-state index in [0.717, 1.165) is 5.69 Å². The molecule has 0 aliphatic heterocycles. The first-order valence-corrected chi connectivity index (χ1v) is 5.29. The van der Waals surface area contributed by atoms with Gasteiger partial charge in [0.15, 0.2) is 0 Å². The third-order valence-corrected chi connectivity index (χ3v) is 2.37. The quantitative estimate of drug-likeness (QED) is 0.732. The first-order chi connectivity index (χ1) is 8.04. The van der Waals surface area contributed by atoms with Crippen LogP contribution in [0.25, 0.3) is 0 Å². The lowest BCUT2D eigenvalue weighted by Gasteiger charge is -2.16. The maximum absolute atomic E-state index is 11.9. The lowest BCUT2D eigenvalue weighted by atomic mass is 10.2. The number of nitrogens with zero attached hydrogens (tertiary/aromatic N) is 2. The average Bonchev–Trinajstić information content (AvgIpc) is 2.34. The van der Waals surface area contributed by atoms with Gasteiger partial charge in [-0.3, -0.25) is 14.6 Å². The number of carbonyl (C=O) groups is 2. The Morgan fingerprint density at radius 2 is 2.18 bits per heavy atom. The summed E-state index contributed by atoms with van der Waals surface area (Å²) >= 11 is 0. The van der Waals surface area contributed by atoms with Crippen LogP contribution in [0.4, 0.5) is 0 Å². The number of ether oxygens (including phenoxy) is 1. The lowest BCUT2D eigenvalue weighted by molar-refractivity contribution is -0.140. The Hall–Kier alpha value is -1.91. The molecular formula is C12H16N2O3. The van der Waals surface area contributed by atoms with Crippen LogP contribution < -0.4 is 0 Å². The number of pyridine rings is 1. The number of aromatic nitrogens is 1. The van der Waals surface area contributed by atoms with Crippen molar-refractivity contribution in [1.82, 2.24) is 9.88 Å². The number of hydrogen-bond donors (Lipinski definition) is 0. The van der Waals surface area contributed by atoms with Gasteiger partial charge in [0.2, 0.25) is 0 Å². The van der Waals surface area contributed by atoms with Gasteiger partial charge < -0.3 is 9.64 Å². The first kappa shape index (κ1) is 13.2. The minimum Gasteiger partial charge on any atom is -0.469 e. The predicted molar refractivity (Wildman–Crippen MR) is 62.6 cm³/mol. The van der Waals surface area contributed by atoms with Crippen molar-refractivity contribution in [3.8, 4) is 0 Å². The maximum atomic E-state index is 11.9. The van der Waals surface area contributed by atoms with Crippen LogP contribution in [0.5, 0.6) is 0 Å². The summed E-state index contributed by atoms with van der Waals surface area (Å²) in [5.74, 6) is -0.449. The van der Waals surface area contributed by atoms with Gasteiger partial charge in [-0.2, -0.15) is 0 Å². The van der Waals surface area contributed by atoms with Crippen LogP contribution in [0.2, 0.25) is 0 Å². The summed E-state index contributed by atoms with van der Waals surface area (Å²) in [6.07, 6.45) is 1.79. The molecule has 0 bridgehead atoms. The zero-order valence-corrected chi connectivity index (χ0v) is 10.3. The molecule has 0 saturated carbocycles. The number of esters is 1. The van der Waals surface area contributed by atoms with Crippen LogP contribution in [0, 0.1) is 6.92 Å². The van der Waals surface area contributed by atoms with E-state index in [0.29, 0.717) is 12.1 Å². The van der Waals surface area contributed by atoms with Crippen molar-refractivity contribution >= 4 is 11.9 Å². The van der Waals surface area contributed by atoms with E-state index in [4.69, 9.17) is 0 Å². The molecule has 1 heterocycles. The van der Waals surface area contributed by atoms with Gasteiger partial charge in [0.1, 0.15) is 0 Å². The average molecular weight is 236 g/mol. The van der Waals surface area contributed by atoms with Crippen LogP contribution in [0.15, 0.2) is 18.3 Å². The van der Waals surface area contributed by atoms with E-state index in [9.17, 15) is 9.59 Å². The molecule has 0 aliphatic carbocycles. The first-order valence-electron chi connectivity index (χ1n) is 5.29. The molecule has 0 fully saturated rings. The van der Waals surface area contributed by atoms with E-state index in [1.54, 1.807) is 25.4 Å². The van der Waals surface area contributed by atoms with Crippen molar-refractivity contribution in [2.24, 2.45) is 0 Å². The van der Waals surface area contributed by atoms with Crippen LogP contribution in [-0.2, 0) is 9.53 Å². The van der Waals surface area contributed by atoms with E-state index in [1.165, 1.54) is 12.0 Å². The van der Waals surface area contributed by atoms with Crippen LogP contribution in [0.1, 0.15) is 22.5 Å². The van der Waals surface area contributed by atoms with Gasteiger partial charge in [0.05, 0.1) is 13.5 Å². The third-order valence-electron chi connectivity index (χ3n) is 2.37. The van der Waals surface area contributed by atoms with E-state index in [2.05, 4.69) is 9.72 Å². The normalized spacial score (nSPS) is 9.82. The van der Waals surface area contributed by atoms with Crippen molar-refractivity contribution in [3.05, 3.63) is 29.6 Å². The molecule has 0 atom stereocenters. The SMILES string of the molecule is COC(=O)CCN(C)C(=O)c1ccnc(C)c1. The molecule has 92 valence electrons. The Morgan fingerprint density at radius 1 is 1.47 bits per heavy atom. The number of methoxy groups -OCH3 is 1. The van der Waals surface area contributed by atoms with Crippen LogP contribution in [-0.4, -0.2) is 42.5 Å². The smallest absolute Gasteiger partial charge is 0.307 e. The molecule has 0 radical (unpaired) electrons. The largest absolute Gasteiger partial charge is 0.469 e. The fourth-order valence-electron chi connectivity index (χ4n) is 1.36. The Bertz CT molecular complexity index is 418. The molecule has 1 aromatic heterocycles. The Morgan fingerprint density at radius 3 is 2.76 bits per heavy atom. The van der Waals surface area contributed by atoms with Gasteiger partial charge in [-0.15, -0.1) is 0 Å². The predicted octanol–water partition coefficient (Wildman–Crippen LogP) is 1.03. The topological polar surface area (TPSA) is 59.5 Å². The minimum absolute atomic E-state index is 0.126. The Balaban J connectivity index is 2.61. The van der Waals surface area contributed by atoms with Crippen LogP contribution >= 0.6 is 0 Å². The van der Waals surface area contributed by atoms with Gasteiger partial charge in [-0.25, -0.2) is 0 Å². The van der Waals surface area contributed by atoms with Crippen molar-refractivity contribution < 1.29 is 14.3 Å². The molecular weight excluding hydrogens is 220 g/mol. The summed E-state index contributed by atoms with van der Waals surface area (Å²) in [6.45, 7) is 2.16. The minimum atomic E-state index is -0.324. The number of carbonyl (C=O) groups excluding carboxylic acids is 2. The van der Waals surface area contributed by atoms with Gasteiger partial charge in [0.25, 0.3) is 5.91 Å². The highest BCUT2D eigenvalue weighted by atomic mass is 16.5. The summed E-state index contributed by atoms with van der Waals surface area (Å²) in [4.78, 5) is 28.4. The third kappa shape index (κ3) is 3.86. The zero-order valence-electron chi connectivity index (χ0n) is 10.3. The molecule has 0 aliphatic rings. The molecule has 0 unspecified atom stereocenters. The summed E-state index contributed by atoms with van der Waals surface area (Å²) in [6, 6.07) is 3.38. The number of aryl methyl sites for hydroxylation is 1. The molecule has 0 aromatic carbocycles. The van der Waals surface area contributed by atoms with E-state index < -0.39 is 0 Å². The highest BCUT2D eigenvalue weighted by molar-refractivity contribution is 5.94.